The van der Waals surface area contributed by atoms with E-state index in [4.69, 9.17) is 13.7 Å². The first-order chi connectivity index (χ1) is 11.0. The minimum Gasteiger partial charge on any atom is -0.467 e. The van der Waals surface area contributed by atoms with Gasteiger partial charge in [0.15, 0.2) is 6.79 Å². The molecule has 0 atom stereocenters. The molecule has 5 nitrogen and oxygen atoms in total. The first kappa shape index (κ1) is 17.5. The maximum atomic E-state index is 12.1. The van der Waals surface area contributed by atoms with E-state index in [2.05, 4.69) is 0 Å². The largest absolute Gasteiger partial charge is 0.467 e. The molecule has 0 bridgehead atoms. The lowest BCUT2D eigenvalue weighted by Gasteiger charge is -2.11. The number of ether oxygens (including phenoxy) is 2. The van der Waals surface area contributed by atoms with Gasteiger partial charge in [0.05, 0.1) is 11.5 Å². The first-order valence-corrected chi connectivity index (χ1v) is 8.59. The molecule has 0 aromatic heterocycles. The monoisotopic (exact) mass is 336 g/mol. The Morgan fingerprint density at radius 2 is 1.70 bits per heavy atom. The summed E-state index contributed by atoms with van der Waals surface area (Å²) in [5, 5.41) is 0. The molecule has 23 heavy (non-hydrogen) atoms. The van der Waals surface area contributed by atoms with E-state index < -0.39 is 10.1 Å². The summed E-state index contributed by atoms with van der Waals surface area (Å²) in [6.45, 7) is 2.08. The number of para-hydroxylation sites is 1. The summed E-state index contributed by atoms with van der Waals surface area (Å²) in [6.07, 6.45) is 0.422. The van der Waals surface area contributed by atoms with Crippen molar-refractivity contribution in [1.82, 2.24) is 0 Å². The van der Waals surface area contributed by atoms with Gasteiger partial charge >= 0.3 is 0 Å². The van der Waals surface area contributed by atoms with Crippen LogP contribution in [0.4, 0.5) is 0 Å². The molecule has 0 amide bonds. The highest BCUT2D eigenvalue weighted by Gasteiger charge is 2.15. The lowest BCUT2D eigenvalue weighted by molar-refractivity contribution is 0.0503. The summed E-state index contributed by atoms with van der Waals surface area (Å²) in [7, 11) is -2.20. The third kappa shape index (κ3) is 5.06. The molecule has 0 aliphatic heterocycles. The van der Waals surface area contributed by atoms with Gasteiger partial charge < -0.3 is 9.47 Å². The van der Waals surface area contributed by atoms with Crippen molar-refractivity contribution in [2.75, 3.05) is 20.5 Å². The highest BCUT2D eigenvalue weighted by Crippen LogP contribution is 2.20. The molecule has 0 saturated heterocycles. The molecule has 0 spiro atoms. The molecule has 0 aliphatic carbocycles. The summed E-state index contributed by atoms with van der Waals surface area (Å²) < 4.78 is 39.7. The van der Waals surface area contributed by atoms with Crippen molar-refractivity contribution >= 4 is 10.1 Å². The van der Waals surface area contributed by atoms with Gasteiger partial charge in [0.25, 0.3) is 10.1 Å². The molecule has 0 aliphatic rings. The van der Waals surface area contributed by atoms with Crippen molar-refractivity contribution < 1.29 is 22.1 Å². The second kappa shape index (κ2) is 8.10. The van der Waals surface area contributed by atoms with Crippen LogP contribution >= 0.6 is 0 Å². The average Bonchev–Trinajstić information content (AvgIpc) is 2.54. The Morgan fingerprint density at radius 3 is 2.39 bits per heavy atom. The van der Waals surface area contributed by atoms with Crippen molar-refractivity contribution in [3.63, 3.8) is 0 Å². The summed E-state index contributed by atoms with van der Waals surface area (Å²) in [6, 6.07) is 14.0. The molecule has 0 radical (unpaired) electrons. The van der Waals surface area contributed by atoms with Gasteiger partial charge in [-0.1, -0.05) is 35.9 Å². The van der Waals surface area contributed by atoms with Gasteiger partial charge in [0, 0.05) is 13.5 Å². The van der Waals surface area contributed by atoms with Crippen LogP contribution in [0.3, 0.4) is 0 Å². The van der Waals surface area contributed by atoms with E-state index in [-0.39, 0.29) is 18.3 Å². The van der Waals surface area contributed by atoms with Crippen LogP contribution < -0.4 is 4.74 Å². The molecule has 2 aromatic rings. The van der Waals surface area contributed by atoms with Crippen LogP contribution in [0.5, 0.6) is 5.75 Å². The summed E-state index contributed by atoms with van der Waals surface area (Å²) in [5.41, 5.74) is 1.86. The fraction of sp³-hybridized carbons (Fsp3) is 0.294. The zero-order chi connectivity index (χ0) is 16.7. The van der Waals surface area contributed by atoms with Gasteiger partial charge in [-0.2, -0.15) is 8.42 Å². The number of methoxy groups -OCH3 is 1. The molecule has 2 rings (SSSR count). The van der Waals surface area contributed by atoms with Crippen LogP contribution in [-0.4, -0.2) is 28.9 Å². The zero-order valence-electron chi connectivity index (χ0n) is 13.2. The molecule has 0 unspecified atom stereocenters. The lowest BCUT2D eigenvalue weighted by atomic mass is 10.1. The minimum absolute atomic E-state index is 0.0452. The molecule has 6 heteroatoms. The van der Waals surface area contributed by atoms with E-state index in [1.54, 1.807) is 31.4 Å². The van der Waals surface area contributed by atoms with Crippen LogP contribution in [0.2, 0.25) is 0 Å². The van der Waals surface area contributed by atoms with Crippen LogP contribution in [0.1, 0.15) is 11.1 Å². The molecule has 2 aromatic carbocycles. The molecule has 0 saturated carbocycles. The normalized spacial score (nSPS) is 11.4. The molecule has 0 N–H and O–H groups in total. The number of hydrogen-bond donors (Lipinski definition) is 0. The van der Waals surface area contributed by atoms with Gasteiger partial charge in [-0.25, -0.2) is 0 Å². The summed E-state index contributed by atoms with van der Waals surface area (Å²) in [5.74, 6) is 0.658. The van der Waals surface area contributed by atoms with Crippen molar-refractivity contribution in [2.24, 2.45) is 0 Å². The van der Waals surface area contributed by atoms with E-state index in [1.807, 2.05) is 31.2 Å². The molecular formula is C17H20O5S. The van der Waals surface area contributed by atoms with E-state index in [0.29, 0.717) is 12.2 Å². The fourth-order valence-corrected chi connectivity index (χ4v) is 2.92. The van der Waals surface area contributed by atoms with E-state index in [0.717, 1.165) is 11.1 Å². The van der Waals surface area contributed by atoms with Crippen molar-refractivity contribution in [3.05, 3.63) is 59.7 Å². The van der Waals surface area contributed by atoms with Crippen molar-refractivity contribution in [3.8, 4) is 5.75 Å². The quantitative estimate of drug-likeness (QED) is 0.548. The van der Waals surface area contributed by atoms with Gasteiger partial charge in [0.1, 0.15) is 5.75 Å². The average molecular weight is 336 g/mol. The van der Waals surface area contributed by atoms with Gasteiger partial charge in [-0.3, -0.25) is 4.18 Å². The topological polar surface area (TPSA) is 61.8 Å². The second-order valence-corrected chi connectivity index (χ2v) is 6.61. The Labute approximate surface area is 136 Å². The highest BCUT2D eigenvalue weighted by molar-refractivity contribution is 7.86. The van der Waals surface area contributed by atoms with Crippen LogP contribution in [0, 0.1) is 6.92 Å². The molecule has 0 heterocycles. The first-order valence-electron chi connectivity index (χ1n) is 7.18. The standard InChI is InChI=1S/C17H20O5S/c1-14-7-9-16(10-8-14)23(18,19)22-12-11-15-5-3-4-6-17(15)21-13-20-2/h3-10H,11-13H2,1-2H3. The van der Waals surface area contributed by atoms with Crippen LogP contribution in [0.15, 0.2) is 53.4 Å². The van der Waals surface area contributed by atoms with Gasteiger partial charge in [-0.05, 0) is 30.7 Å². The number of aryl methyl sites for hydroxylation is 1. The SMILES string of the molecule is COCOc1ccccc1CCOS(=O)(=O)c1ccc(C)cc1. The Morgan fingerprint density at radius 1 is 1.00 bits per heavy atom. The summed E-state index contributed by atoms with van der Waals surface area (Å²) >= 11 is 0. The van der Waals surface area contributed by atoms with Crippen molar-refractivity contribution in [2.45, 2.75) is 18.2 Å². The predicted octanol–water partition coefficient (Wildman–Crippen LogP) is 2.93. The Bertz CT molecular complexity index is 723. The smallest absolute Gasteiger partial charge is 0.296 e. The minimum atomic E-state index is -3.74. The maximum Gasteiger partial charge on any atom is 0.296 e. The molecule has 0 fully saturated rings. The Hall–Kier alpha value is -1.89. The van der Waals surface area contributed by atoms with Crippen LogP contribution in [0.25, 0.3) is 0 Å². The molecule has 124 valence electrons. The van der Waals surface area contributed by atoms with Gasteiger partial charge in [-0.15, -0.1) is 0 Å². The third-order valence-electron chi connectivity index (χ3n) is 3.22. The number of rotatable bonds is 8. The molecular weight excluding hydrogens is 316 g/mol. The van der Waals surface area contributed by atoms with Crippen molar-refractivity contribution in [1.29, 1.82) is 0 Å². The maximum absolute atomic E-state index is 12.1. The predicted molar refractivity (Wildman–Crippen MR) is 87.0 cm³/mol. The third-order valence-corrected chi connectivity index (χ3v) is 4.55. The fourth-order valence-electron chi connectivity index (χ4n) is 2.01. The van der Waals surface area contributed by atoms with E-state index in [1.165, 1.54) is 0 Å². The van der Waals surface area contributed by atoms with Crippen LogP contribution in [-0.2, 0) is 25.5 Å². The second-order valence-electron chi connectivity index (χ2n) is 5.00. The zero-order valence-corrected chi connectivity index (χ0v) is 14.0. The Balaban J connectivity index is 1.98. The van der Waals surface area contributed by atoms with E-state index in [9.17, 15) is 8.42 Å². The lowest BCUT2D eigenvalue weighted by Crippen LogP contribution is -2.10. The highest BCUT2D eigenvalue weighted by atomic mass is 32.2. The Kier molecular flexibility index (Phi) is 6.15. The number of hydrogen-bond acceptors (Lipinski definition) is 5. The summed E-state index contributed by atoms with van der Waals surface area (Å²) in [4.78, 5) is 0.159. The van der Waals surface area contributed by atoms with Gasteiger partial charge in [0.2, 0.25) is 0 Å². The number of benzene rings is 2. The van der Waals surface area contributed by atoms with E-state index >= 15 is 0 Å².